The largest absolute Gasteiger partial charge is 0.409 e. The molecule has 52 valence electrons. The molecule has 5 nitrogen and oxygen atoms in total. The van der Waals surface area contributed by atoms with Gasteiger partial charge in [0.05, 0.1) is 0 Å². The van der Waals surface area contributed by atoms with Gasteiger partial charge in [0.1, 0.15) is 5.69 Å². The summed E-state index contributed by atoms with van der Waals surface area (Å²) in [5.41, 5.74) is 5.56. The van der Waals surface area contributed by atoms with Gasteiger partial charge in [0, 0.05) is 6.20 Å². The van der Waals surface area contributed by atoms with Crippen LogP contribution in [0.4, 0.5) is 0 Å². The number of oxime groups is 1. The molecule has 5 heteroatoms. The van der Waals surface area contributed by atoms with Crippen LogP contribution in [0, 0.1) is 0 Å². The van der Waals surface area contributed by atoms with E-state index in [4.69, 9.17) is 10.9 Å². The van der Waals surface area contributed by atoms with Crippen LogP contribution in [0.2, 0.25) is 0 Å². The molecule has 0 aliphatic rings. The first kappa shape index (κ1) is 6.47. The SMILES string of the molecule is NC(=NO)c1cccnn1. The second-order valence-corrected chi connectivity index (χ2v) is 1.59. The van der Waals surface area contributed by atoms with Crippen LogP contribution in [0.15, 0.2) is 23.5 Å². The number of rotatable bonds is 1. The molecular formula is C5H6N4O. The van der Waals surface area contributed by atoms with Gasteiger partial charge in [-0.05, 0) is 12.1 Å². The second-order valence-electron chi connectivity index (χ2n) is 1.59. The van der Waals surface area contributed by atoms with Crippen LogP contribution in [0.5, 0.6) is 0 Å². The Bertz CT molecular complexity index is 233. The summed E-state index contributed by atoms with van der Waals surface area (Å²) in [6.07, 6.45) is 1.51. The van der Waals surface area contributed by atoms with Gasteiger partial charge >= 0.3 is 0 Å². The summed E-state index contributed by atoms with van der Waals surface area (Å²) in [6.45, 7) is 0. The molecule has 1 heterocycles. The third-order valence-corrected chi connectivity index (χ3v) is 0.942. The molecule has 0 spiro atoms. The third kappa shape index (κ3) is 1.19. The van der Waals surface area contributed by atoms with Crippen LogP contribution in [0.25, 0.3) is 0 Å². The fourth-order valence-electron chi connectivity index (χ4n) is 0.489. The van der Waals surface area contributed by atoms with E-state index < -0.39 is 0 Å². The molecular weight excluding hydrogens is 132 g/mol. The maximum absolute atomic E-state index is 8.18. The van der Waals surface area contributed by atoms with Gasteiger partial charge in [-0.2, -0.15) is 5.10 Å². The number of hydrogen-bond acceptors (Lipinski definition) is 4. The normalized spacial score (nSPS) is 11.4. The van der Waals surface area contributed by atoms with E-state index >= 15 is 0 Å². The van der Waals surface area contributed by atoms with Gasteiger partial charge in [-0.3, -0.25) is 0 Å². The molecule has 1 rings (SSSR count). The Morgan fingerprint density at radius 1 is 1.70 bits per heavy atom. The zero-order chi connectivity index (χ0) is 7.40. The summed E-state index contributed by atoms with van der Waals surface area (Å²) < 4.78 is 0. The van der Waals surface area contributed by atoms with Crippen molar-refractivity contribution >= 4 is 5.84 Å². The van der Waals surface area contributed by atoms with Crippen LogP contribution in [-0.4, -0.2) is 21.2 Å². The Morgan fingerprint density at radius 2 is 2.50 bits per heavy atom. The van der Waals surface area contributed by atoms with E-state index in [0.717, 1.165) is 0 Å². The lowest BCUT2D eigenvalue weighted by Crippen LogP contribution is -2.15. The average Bonchev–Trinajstić information content (AvgIpc) is 2.05. The molecule has 0 aliphatic carbocycles. The lowest BCUT2D eigenvalue weighted by molar-refractivity contribution is 0.318. The Labute approximate surface area is 57.2 Å². The first-order chi connectivity index (χ1) is 4.84. The fourth-order valence-corrected chi connectivity index (χ4v) is 0.489. The summed E-state index contributed by atoms with van der Waals surface area (Å²) in [4.78, 5) is 0. The smallest absolute Gasteiger partial charge is 0.190 e. The summed E-state index contributed by atoms with van der Waals surface area (Å²) in [6, 6.07) is 3.25. The minimum Gasteiger partial charge on any atom is -0.409 e. The molecule has 0 atom stereocenters. The molecule has 0 amide bonds. The molecule has 0 radical (unpaired) electrons. The standard InChI is InChI=1S/C5H6N4O/c6-5(9-10)4-2-1-3-7-8-4/h1-3,10H,(H2,6,9). The predicted octanol–water partition coefficient (Wildman–Crippen LogP) is -0.429. The Hall–Kier alpha value is -1.65. The second kappa shape index (κ2) is 2.77. The minimum absolute atomic E-state index is 0.0342. The summed E-state index contributed by atoms with van der Waals surface area (Å²) in [7, 11) is 0. The Balaban J connectivity index is 2.96. The quantitative estimate of drug-likeness (QED) is 0.239. The van der Waals surface area contributed by atoms with E-state index in [1.807, 2.05) is 0 Å². The number of hydrogen-bond donors (Lipinski definition) is 2. The van der Waals surface area contributed by atoms with E-state index in [2.05, 4.69) is 15.4 Å². The zero-order valence-corrected chi connectivity index (χ0v) is 5.10. The highest BCUT2D eigenvalue weighted by Gasteiger charge is 1.96. The summed E-state index contributed by atoms with van der Waals surface area (Å²) in [5, 5.41) is 18.0. The zero-order valence-electron chi connectivity index (χ0n) is 5.10. The highest BCUT2D eigenvalue weighted by molar-refractivity contribution is 5.94. The van der Waals surface area contributed by atoms with Crippen molar-refractivity contribution in [2.75, 3.05) is 0 Å². The molecule has 10 heavy (non-hydrogen) atoms. The van der Waals surface area contributed by atoms with Gasteiger partial charge < -0.3 is 10.9 Å². The number of nitrogens with zero attached hydrogens (tertiary/aromatic N) is 3. The van der Waals surface area contributed by atoms with Crippen molar-refractivity contribution in [1.29, 1.82) is 0 Å². The van der Waals surface area contributed by atoms with Gasteiger partial charge in [0.2, 0.25) is 0 Å². The summed E-state index contributed by atoms with van der Waals surface area (Å²) >= 11 is 0. The summed E-state index contributed by atoms with van der Waals surface area (Å²) in [5.74, 6) is -0.0342. The van der Waals surface area contributed by atoms with Crippen molar-refractivity contribution in [1.82, 2.24) is 10.2 Å². The minimum atomic E-state index is -0.0342. The topological polar surface area (TPSA) is 84.4 Å². The van der Waals surface area contributed by atoms with Crippen LogP contribution < -0.4 is 5.73 Å². The molecule has 0 bridgehead atoms. The lowest BCUT2D eigenvalue weighted by Gasteiger charge is -1.91. The highest BCUT2D eigenvalue weighted by Crippen LogP contribution is 1.88. The molecule has 0 fully saturated rings. The van der Waals surface area contributed by atoms with E-state index in [-0.39, 0.29) is 5.84 Å². The van der Waals surface area contributed by atoms with Gasteiger partial charge in [-0.1, -0.05) is 5.16 Å². The first-order valence-electron chi connectivity index (χ1n) is 2.60. The maximum atomic E-state index is 8.18. The van der Waals surface area contributed by atoms with Gasteiger partial charge in [0.15, 0.2) is 5.84 Å². The molecule has 0 aromatic carbocycles. The van der Waals surface area contributed by atoms with E-state index in [0.29, 0.717) is 5.69 Å². The number of nitrogens with two attached hydrogens (primary N) is 1. The van der Waals surface area contributed by atoms with E-state index in [1.165, 1.54) is 6.20 Å². The third-order valence-electron chi connectivity index (χ3n) is 0.942. The van der Waals surface area contributed by atoms with Crippen LogP contribution >= 0.6 is 0 Å². The first-order valence-corrected chi connectivity index (χ1v) is 2.60. The molecule has 1 aromatic rings. The van der Waals surface area contributed by atoms with Crippen LogP contribution in [0.3, 0.4) is 0 Å². The Kier molecular flexibility index (Phi) is 1.79. The van der Waals surface area contributed by atoms with Crippen molar-refractivity contribution in [2.45, 2.75) is 0 Å². The monoisotopic (exact) mass is 138 g/mol. The molecule has 0 unspecified atom stereocenters. The lowest BCUT2D eigenvalue weighted by atomic mass is 10.4. The van der Waals surface area contributed by atoms with Crippen molar-refractivity contribution in [2.24, 2.45) is 10.9 Å². The van der Waals surface area contributed by atoms with Crippen LogP contribution in [0.1, 0.15) is 5.69 Å². The Morgan fingerprint density at radius 3 is 3.00 bits per heavy atom. The maximum Gasteiger partial charge on any atom is 0.190 e. The molecule has 0 aliphatic heterocycles. The van der Waals surface area contributed by atoms with E-state index in [1.54, 1.807) is 12.1 Å². The van der Waals surface area contributed by atoms with Crippen molar-refractivity contribution < 1.29 is 5.21 Å². The van der Waals surface area contributed by atoms with Crippen LogP contribution in [-0.2, 0) is 0 Å². The van der Waals surface area contributed by atoms with Crippen molar-refractivity contribution in [3.8, 4) is 0 Å². The average molecular weight is 138 g/mol. The molecule has 1 aromatic heterocycles. The molecule has 3 N–H and O–H groups in total. The van der Waals surface area contributed by atoms with Crippen molar-refractivity contribution in [3.63, 3.8) is 0 Å². The number of amidine groups is 1. The molecule has 0 saturated carbocycles. The van der Waals surface area contributed by atoms with Gasteiger partial charge in [0.25, 0.3) is 0 Å². The molecule has 0 saturated heterocycles. The van der Waals surface area contributed by atoms with Gasteiger partial charge in [-0.15, -0.1) is 5.10 Å². The number of aromatic nitrogens is 2. The predicted molar refractivity (Wildman–Crippen MR) is 34.5 cm³/mol. The fraction of sp³-hybridized carbons (Fsp3) is 0. The van der Waals surface area contributed by atoms with Gasteiger partial charge in [-0.25, -0.2) is 0 Å². The highest BCUT2D eigenvalue weighted by atomic mass is 16.4. The van der Waals surface area contributed by atoms with E-state index in [9.17, 15) is 0 Å². The van der Waals surface area contributed by atoms with Crippen molar-refractivity contribution in [3.05, 3.63) is 24.0 Å².